The van der Waals surface area contributed by atoms with Gasteiger partial charge in [-0.25, -0.2) is 32.5 Å². The molecule has 2 amide bonds. The van der Waals surface area contributed by atoms with E-state index in [-0.39, 0.29) is 60.4 Å². The van der Waals surface area contributed by atoms with E-state index in [1.54, 1.807) is 28.4 Å². The molecule has 0 aromatic heterocycles. The Balaban J connectivity index is 0.000000279. The smallest absolute Gasteiger partial charge is 0.407 e. The van der Waals surface area contributed by atoms with Gasteiger partial charge in [0.25, 0.3) is 29.0 Å². The number of ether oxygens (including phenoxy) is 8. The quantitative estimate of drug-likeness (QED) is 0.0191. The van der Waals surface area contributed by atoms with Gasteiger partial charge < -0.3 is 66.9 Å². The lowest BCUT2D eigenvalue weighted by Crippen LogP contribution is -2.56. The van der Waals surface area contributed by atoms with Crippen LogP contribution in [0, 0.1) is 27.0 Å². The van der Waals surface area contributed by atoms with E-state index < -0.39 is 69.6 Å². The first kappa shape index (κ1) is 101. The lowest BCUT2D eigenvalue weighted by atomic mass is 9.98. The largest absolute Gasteiger partial charge is 0.541 e. The Morgan fingerprint density at radius 1 is 0.504 bits per heavy atom. The maximum atomic E-state index is 14.1. The van der Waals surface area contributed by atoms with Gasteiger partial charge in [0.05, 0.1) is 61.9 Å². The summed E-state index contributed by atoms with van der Waals surface area (Å²) in [7, 11) is -0.694. The second kappa shape index (κ2) is 44.6. The van der Waals surface area contributed by atoms with Crippen molar-refractivity contribution in [3.63, 3.8) is 0 Å². The van der Waals surface area contributed by atoms with Crippen molar-refractivity contribution in [2.75, 3.05) is 94.3 Å². The highest BCUT2D eigenvalue weighted by atomic mass is 28.4. The molecule has 6 atom stereocenters. The van der Waals surface area contributed by atoms with Gasteiger partial charge in [0.1, 0.15) is 48.3 Å². The zero-order valence-electron chi connectivity index (χ0n) is 79.6. The molecule has 6 aromatic rings. The molecule has 0 spiro atoms. The zero-order valence-corrected chi connectivity index (χ0v) is 83.6. The molecule has 24 heteroatoms. The Morgan fingerprint density at radius 3 is 1.13 bits per heavy atom. The number of aliphatic hydroxyl groups is 1. The molecule has 0 radical (unpaired) electrons. The number of nitrogens with one attached hydrogen (secondary N) is 2. The number of carbonyl (C=O) groups excluding carboxylic acids is 2. The van der Waals surface area contributed by atoms with Crippen molar-refractivity contribution in [1.29, 1.82) is 0 Å². The van der Waals surface area contributed by atoms with Crippen molar-refractivity contribution < 1.29 is 65.9 Å². The van der Waals surface area contributed by atoms with E-state index >= 15 is 0 Å². The SMILES string of the molecule is CC(C)[Si](C)(C)C(C)C.[C-]#[N+][C@@H]([C@H](Cc1cc(O[Si](C)(C)C(C)(C)C)c(OC)c(C)c1OC)NC(=O)OCC1c2ccccc2-c2ccccc21)N1CCO[C@@H](CCCCO)C1.[C-]#[N+][C@@H]([C@H](Cc1cc(O[Si](C)(C)C(C)(C)C)c(OC)c(C)c1OC)NC(=O)OCC1c2ccccc2-c2ccccc21)N1CCO[C@@H](CCCCO[Si](C)(C(C)C)C(C)C)C1. The minimum atomic E-state index is -2.29. The van der Waals surface area contributed by atoms with E-state index in [1.807, 2.05) is 74.5 Å². The number of amides is 2. The number of aliphatic hydroxyl groups excluding tert-OH is 1. The molecule has 123 heavy (non-hydrogen) atoms. The maximum Gasteiger partial charge on any atom is 0.407 e. The van der Waals surface area contributed by atoms with Crippen LogP contribution in [0.15, 0.2) is 109 Å². The van der Waals surface area contributed by atoms with Gasteiger partial charge in [-0.2, -0.15) is 0 Å². The number of unbranched alkanes of at least 4 members (excludes halogenated alkanes) is 2. The number of methoxy groups -OCH3 is 4. The Labute approximate surface area is 743 Å². The molecule has 4 aliphatic rings. The number of carbonyl (C=O) groups is 2. The van der Waals surface area contributed by atoms with Crippen LogP contribution in [0.4, 0.5) is 9.59 Å². The van der Waals surface area contributed by atoms with Gasteiger partial charge in [-0.15, -0.1) is 0 Å². The average Bonchev–Trinajstić information content (AvgIpc) is 1.75. The summed E-state index contributed by atoms with van der Waals surface area (Å²) >= 11 is 0. The summed E-state index contributed by atoms with van der Waals surface area (Å²) in [6, 6.07) is 35.7. The van der Waals surface area contributed by atoms with E-state index in [0.717, 1.165) is 117 Å². The maximum absolute atomic E-state index is 14.1. The number of rotatable bonds is 36. The lowest BCUT2D eigenvalue weighted by Gasteiger charge is -2.37. The third kappa shape index (κ3) is 24.9. The van der Waals surface area contributed by atoms with Gasteiger partial charge in [0, 0.05) is 86.3 Å². The van der Waals surface area contributed by atoms with Crippen LogP contribution in [0.5, 0.6) is 34.5 Å². The number of morpholine rings is 2. The highest BCUT2D eigenvalue weighted by molar-refractivity contribution is 6.80. The van der Waals surface area contributed by atoms with E-state index in [4.69, 9.17) is 64.3 Å². The number of hydrogen-bond acceptors (Lipinski definition) is 16. The van der Waals surface area contributed by atoms with Gasteiger partial charge in [-0.1, -0.05) is 218 Å². The molecule has 0 unspecified atom stereocenters. The predicted octanol–water partition coefficient (Wildman–Crippen LogP) is 22.8. The zero-order chi connectivity index (χ0) is 90.7. The van der Waals surface area contributed by atoms with Crippen LogP contribution in [-0.4, -0.2) is 191 Å². The summed E-state index contributed by atoms with van der Waals surface area (Å²) in [5, 5.41) is 15.5. The molecule has 2 saturated heterocycles. The van der Waals surface area contributed by atoms with E-state index in [1.165, 1.54) is 0 Å². The van der Waals surface area contributed by atoms with Crippen LogP contribution in [-0.2, 0) is 36.2 Å². The Hall–Kier alpha value is -7.73. The fourth-order valence-corrected chi connectivity index (χ4v) is 22.6. The Morgan fingerprint density at radius 2 is 0.837 bits per heavy atom. The van der Waals surface area contributed by atoms with Gasteiger partial charge in [0.15, 0.2) is 19.8 Å². The van der Waals surface area contributed by atoms with Crippen molar-refractivity contribution in [2.45, 2.75) is 289 Å². The number of alkyl carbamates (subject to hydrolysis) is 2. The lowest BCUT2D eigenvalue weighted by molar-refractivity contribution is -0.0461. The molecule has 676 valence electrons. The molecule has 2 fully saturated rings. The Bertz CT molecular complexity index is 4420. The van der Waals surface area contributed by atoms with Crippen LogP contribution in [0.3, 0.4) is 0 Å². The fraction of sp³-hybridized carbons (Fsp3) is 0.596. The molecule has 0 bridgehead atoms. The van der Waals surface area contributed by atoms with Crippen molar-refractivity contribution in [3.8, 4) is 56.8 Å². The third-order valence-corrected chi connectivity index (χ3v) is 48.0. The second-order valence-corrected chi connectivity index (χ2v) is 59.4. The van der Waals surface area contributed by atoms with Crippen molar-refractivity contribution in [3.05, 3.63) is 177 Å². The van der Waals surface area contributed by atoms with Gasteiger partial charge in [-0.05, 0) is 163 Å². The summed E-state index contributed by atoms with van der Waals surface area (Å²) in [6.45, 7) is 73.3. The van der Waals surface area contributed by atoms with Crippen molar-refractivity contribution in [1.82, 2.24) is 20.4 Å². The molecular formula is C99H150N6O14Si4. The first-order valence-electron chi connectivity index (χ1n) is 44.9. The van der Waals surface area contributed by atoms with Crippen LogP contribution in [0.2, 0.25) is 78.1 Å². The first-order chi connectivity index (χ1) is 58.1. The first-order valence-corrected chi connectivity index (χ1v) is 56.4. The predicted molar refractivity (Wildman–Crippen MR) is 509 cm³/mol. The number of fused-ring (bicyclic) bond motifs is 6. The summed E-state index contributed by atoms with van der Waals surface area (Å²) in [5.41, 5.74) is 15.3. The number of nitrogens with zero attached hydrogens (tertiary/aromatic N) is 4. The molecule has 20 nitrogen and oxygen atoms in total. The van der Waals surface area contributed by atoms with E-state index in [2.05, 4.69) is 221 Å². The number of hydrogen-bond donors (Lipinski definition) is 3. The van der Waals surface area contributed by atoms with Crippen molar-refractivity contribution >= 4 is 45.2 Å². The van der Waals surface area contributed by atoms with Gasteiger partial charge in [0.2, 0.25) is 0 Å². The molecule has 6 aromatic carbocycles. The minimum Gasteiger partial charge on any atom is -0.541 e. The highest BCUT2D eigenvalue weighted by Gasteiger charge is 2.46. The normalized spacial score (nSPS) is 16.9. The van der Waals surface area contributed by atoms with Crippen LogP contribution >= 0.6 is 0 Å². The topological polar surface area (TPSA) is 195 Å². The van der Waals surface area contributed by atoms with Crippen molar-refractivity contribution in [2.24, 2.45) is 0 Å². The summed E-state index contributed by atoms with van der Waals surface area (Å²) in [6.07, 6.45) is 3.05. The monoisotopic (exact) mass is 1760 g/mol. The number of benzene rings is 6. The summed E-state index contributed by atoms with van der Waals surface area (Å²) in [4.78, 5) is 40.6. The second-order valence-electron chi connectivity index (χ2n) is 39.0. The summed E-state index contributed by atoms with van der Waals surface area (Å²) in [5.74, 6) is 3.57. The molecule has 10 rings (SSSR count). The molecular weight excluding hydrogens is 1610 g/mol. The molecule has 0 saturated carbocycles. The third-order valence-electron chi connectivity index (χ3n) is 27.9. The Kier molecular flexibility index (Phi) is 36.5. The van der Waals surface area contributed by atoms with Gasteiger partial charge >= 0.3 is 12.2 Å². The molecule has 3 N–H and O–H groups in total. The minimum absolute atomic E-state index is 0.0331. The van der Waals surface area contributed by atoms with Gasteiger partial charge in [-0.3, -0.25) is 9.69 Å². The summed E-state index contributed by atoms with van der Waals surface area (Å²) < 4.78 is 68.7. The van der Waals surface area contributed by atoms with E-state index in [9.17, 15) is 14.7 Å². The highest BCUT2D eigenvalue weighted by Crippen LogP contribution is 2.50. The van der Waals surface area contributed by atoms with Crippen LogP contribution in [0.25, 0.3) is 31.9 Å². The molecule has 2 heterocycles. The van der Waals surface area contributed by atoms with E-state index in [0.29, 0.717) is 97.8 Å². The average molecular weight is 1760 g/mol. The standard InChI is InChI=1S/C49H73N3O7Si2.C42H57N3O7Si.C8H20Si/c1-33(2)61(14,34(3)4)58-27-20-19-21-37-31-52(26-28-56-37)47(50-9)43(29-36-30-44(59-60(12,13)49(6,7)8)46(55-11)35(5)45(36)54-10)51-48(53)57-32-42-40-24-17-15-22-38(40)39-23-16-18-25-41(39)42;1-28-38(48-6)29(25-37(39(28)49-7)52-53(8,9)42(2,3)4)24-36(40(43-5)45-21-23-50-30(26-45)16-14-15-22-46)44-41(47)51-27-35-33-19-12-10-17-31(33)32-18-11-13-20-34(32)35;1-7(2)9(5,6)8(3)4/h15-18,22-25,30,33-34,37,42-43,47H,19-21,26-29,31-32H2,1-8,10-14H3,(H,51,53);10-13,17-20,25,30,35-36,40,46H,14-16,21-24,26-27H2,1-4,6-9H3,(H,44,47);7-8H,1-6H3/t37-,43-,47+;30-,36-,40+;/m00./s1. The molecule has 2 aliphatic heterocycles. The molecule has 2 aliphatic carbocycles. The fourth-order valence-electron chi connectivity index (χ4n) is 16.6. The van der Waals surface area contributed by atoms with Crippen LogP contribution in [0.1, 0.15) is 192 Å². The van der Waals surface area contributed by atoms with Crippen LogP contribution < -0.4 is 38.4 Å².